The van der Waals surface area contributed by atoms with Gasteiger partial charge in [-0.25, -0.2) is 0 Å². The molecular weight excluding hydrogens is 486 g/mol. The van der Waals surface area contributed by atoms with Crippen LogP contribution >= 0.6 is 0 Å². The van der Waals surface area contributed by atoms with E-state index in [0.717, 1.165) is 49.4 Å². The molecule has 0 radical (unpaired) electrons. The Bertz CT molecular complexity index is 1230. The number of primary amides is 1. The number of piperidine rings is 1. The van der Waals surface area contributed by atoms with Crippen LogP contribution in [-0.4, -0.2) is 65.8 Å². The number of aromatic nitrogens is 1. The van der Waals surface area contributed by atoms with Crippen LogP contribution in [0.4, 0.5) is 0 Å². The maximum absolute atomic E-state index is 13.9. The number of amides is 4. The van der Waals surface area contributed by atoms with Crippen molar-refractivity contribution in [3.63, 3.8) is 0 Å². The van der Waals surface area contributed by atoms with Gasteiger partial charge in [0.1, 0.15) is 23.5 Å². The first-order valence-corrected chi connectivity index (χ1v) is 13.6. The summed E-state index contributed by atoms with van der Waals surface area (Å²) < 4.78 is 5.45. The molecular formula is C28H37N5O5. The molecule has 2 aliphatic heterocycles. The van der Waals surface area contributed by atoms with Gasteiger partial charge >= 0.3 is 0 Å². The summed E-state index contributed by atoms with van der Waals surface area (Å²) in [5, 5.41) is 6.42. The van der Waals surface area contributed by atoms with E-state index in [1.54, 1.807) is 18.1 Å². The average molecular weight is 524 g/mol. The minimum Gasteiger partial charge on any atom is -0.496 e. The molecule has 1 aromatic carbocycles. The smallest absolute Gasteiger partial charge is 0.271 e. The van der Waals surface area contributed by atoms with E-state index in [1.165, 1.54) is 0 Å². The summed E-state index contributed by atoms with van der Waals surface area (Å²) in [6, 6.07) is 5.63. The fourth-order valence-corrected chi connectivity index (χ4v) is 6.60. The normalized spacial score (nSPS) is 23.7. The molecule has 10 heteroatoms. The van der Waals surface area contributed by atoms with Gasteiger partial charge in [-0.05, 0) is 62.1 Å². The van der Waals surface area contributed by atoms with Crippen molar-refractivity contribution in [1.82, 2.24) is 20.5 Å². The molecule has 3 atom stereocenters. The fourth-order valence-electron chi connectivity index (χ4n) is 6.60. The first kappa shape index (κ1) is 26.1. The van der Waals surface area contributed by atoms with Crippen LogP contribution in [0.3, 0.4) is 0 Å². The predicted molar refractivity (Wildman–Crippen MR) is 141 cm³/mol. The summed E-state index contributed by atoms with van der Waals surface area (Å²) in [5.41, 5.74) is 6.70. The molecule has 2 unspecified atom stereocenters. The van der Waals surface area contributed by atoms with Crippen molar-refractivity contribution in [2.45, 2.75) is 69.9 Å². The van der Waals surface area contributed by atoms with Crippen LogP contribution in [0.5, 0.6) is 5.75 Å². The number of benzene rings is 1. The number of nitrogens with two attached hydrogens (primary N) is 1. The van der Waals surface area contributed by atoms with Gasteiger partial charge in [0.25, 0.3) is 5.91 Å². The van der Waals surface area contributed by atoms with Crippen molar-refractivity contribution in [2.24, 2.45) is 17.1 Å². The standard InChI is InChI=1S/C28H37N5O5/c1-38-23-9-5-8-19-18(23)14-21(31-19)27(37)33-16-28(10-3-2-4-11-28)15-22(33)26(36)32-20(24(29)34)13-17-7-6-12-30-25(17)35/h5,8-9,14,17,20,22,31H,2-4,6-7,10-13,15-16H2,1H3,(H2,29,34)(H,30,35)(H,32,36)/t17-,20?,22?/m0/s1. The van der Waals surface area contributed by atoms with E-state index in [0.29, 0.717) is 37.4 Å². The van der Waals surface area contributed by atoms with Gasteiger partial charge in [-0.15, -0.1) is 0 Å². The highest BCUT2D eigenvalue weighted by Gasteiger charge is 2.49. The number of likely N-dealkylation sites (tertiary alicyclic amines) is 1. The maximum Gasteiger partial charge on any atom is 0.271 e. The quantitative estimate of drug-likeness (QED) is 0.440. The van der Waals surface area contributed by atoms with Crippen LogP contribution in [0.1, 0.15) is 68.3 Å². The Morgan fingerprint density at radius 1 is 1.21 bits per heavy atom. The Labute approximate surface area is 222 Å². The van der Waals surface area contributed by atoms with E-state index in [4.69, 9.17) is 10.5 Å². The lowest BCUT2D eigenvalue weighted by molar-refractivity contribution is -0.132. The minimum absolute atomic E-state index is 0.120. The second-order valence-corrected chi connectivity index (χ2v) is 11.1. The highest BCUT2D eigenvalue weighted by molar-refractivity contribution is 6.02. The molecule has 3 fully saturated rings. The molecule has 1 saturated carbocycles. The Morgan fingerprint density at radius 2 is 2.00 bits per heavy atom. The molecule has 5 rings (SSSR count). The van der Waals surface area contributed by atoms with Crippen LogP contribution in [0.15, 0.2) is 24.3 Å². The number of hydrogen-bond donors (Lipinski definition) is 4. The molecule has 3 aliphatic rings. The first-order chi connectivity index (χ1) is 18.3. The van der Waals surface area contributed by atoms with E-state index in [9.17, 15) is 19.2 Å². The highest BCUT2D eigenvalue weighted by atomic mass is 16.5. The van der Waals surface area contributed by atoms with E-state index in [-0.39, 0.29) is 29.6 Å². The lowest BCUT2D eigenvalue weighted by Gasteiger charge is -2.32. The van der Waals surface area contributed by atoms with Crippen LogP contribution in [-0.2, 0) is 14.4 Å². The molecule has 4 amide bonds. The van der Waals surface area contributed by atoms with Crippen molar-refractivity contribution in [1.29, 1.82) is 0 Å². The molecule has 1 aliphatic carbocycles. The van der Waals surface area contributed by atoms with Crippen LogP contribution in [0.2, 0.25) is 0 Å². The van der Waals surface area contributed by atoms with E-state index < -0.39 is 23.9 Å². The van der Waals surface area contributed by atoms with Gasteiger partial charge in [-0.3, -0.25) is 19.2 Å². The second kappa shape index (κ2) is 10.7. The van der Waals surface area contributed by atoms with E-state index >= 15 is 0 Å². The number of carbonyl (C=O) groups excluding carboxylic acids is 4. The van der Waals surface area contributed by atoms with Crippen LogP contribution < -0.4 is 21.1 Å². The summed E-state index contributed by atoms with van der Waals surface area (Å²) in [6.07, 6.45) is 7.38. The largest absolute Gasteiger partial charge is 0.496 e. The van der Waals surface area contributed by atoms with Crippen molar-refractivity contribution in [3.05, 3.63) is 30.0 Å². The number of nitrogens with zero attached hydrogens (tertiary/aromatic N) is 1. The number of nitrogens with one attached hydrogen (secondary N) is 3. The summed E-state index contributed by atoms with van der Waals surface area (Å²) >= 11 is 0. The van der Waals surface area contributed by atoms with Crippen molar-refractivity contribution < 1.29 is 23.9 Å². The summed E-state index contributed by atoms with van der Waals surface area (Å²) in [5.74, 6) is -1.17. The fraction of sp³-hybridized carbons (Fsp3) is 0.571. The first-order valence-electron chi connectivity index (χ1n) is 13.6. The van der Waals surface area contributed by atoms with Crippen molar-refractivity contribution in [2.75, 3.05) is 20.2 Å². The number of aromatic amines is 1. The van der Waals surface area contributed by atoms with Crippen molar-refractivity contribution in [3.8, 4) is 5.75 Å². The van der Waals surface area contributed by atoms with E-state index in [2.05, 4.69) is 15.6 Å². The Balaban J connectivity index is 1.39. The van der Waals surface area contributed by atoms with E-state index in [1.807, 2.05) is 18.2 Å². The molecule has 1 aromatic heterocycles. The van der Waals surface area contributed by atoms with Gasteiger partial charge in [0, 0.05) is 29.9 Å². The van der Waals surface area contributed by atoms with Gasteiger partial charge < -0.3 is 31.0 Å². The Hall–Kier alpha value is -3.56. The van der Waals surface area contributed by atoms with Crippen molar-refractivity contribution >= 4 is 34.5 Å². The van der Waals surface area contributed by atoms with Crippen LogP contribution in [0.25, 0.3) is 10.9 Å². The zero-order valence-corrected chi connectivity index (χ0v) is 21.9. The molecule has 3 heterocycles. The number of methoxy groups -OCH3 is 1. The zero-order valence-electron chi connectivity index (χ0n) is 21.9. The number of hydrogen-bond acceptors (Lipinski definition) is 5. The van der Waals surface area contributed by atoms with Gasteiger partial charge in [-0.1, -0.05) is 25.3 Å². The lowest BCUT2D eigenvalue weighted by Crippen LogP contribution is -2.53. The van der Waals surface area contributed by atoms with Gasteiger partial charge in [0.05, 0.1) is 7.11 Å². The van der Waals surface area contributed by atoms with Gasteiger partial charge in [0.15, 0.2) is 0 Å². The van der Waals surface area contributed by atoms with Gasteiger partial charge in [-0.2, -0.15) is 0 Å². The number of carbonyl (C=O) groups is 4. The third-order valence-corrected chi connectivity index (χ3v) is 8.64. The lowest BCUT2D eigenvalue weighted by atomic mass is 9.72. The summed E-state index contributed by atoms with van der Waals surface area (Å²) in [6.45, 7) is 1.10. The Kier molecular flexibility index (Phi) is 7.32. The average Bonchev–Trinajstić information content (AvgIpc) is 3.51. The molecule has 1 spiro atoms. The summed E-state index contributed by atoms with van der Waals surface area (Å²) in [4.78, 5) is 57.0. The topological polar surface area (TPSA) is 147 Å². The number of H-pyrrole nitrogens is 1. The number of ether oxygens (including phenoxy) is 1. The predicted octanol–water partition coefficient (Wildman–Crippen LogP) is 2.23. The minimum atomic E-state index is -0.978. The summed E-state index contributed by atoms with van der Waals surface area (Å²) in [7, 11) is 1.59. The molecule has 2 aromatic rings. The molecule has 2 saturated heterocycles. The monoisotopic (exact) mass is 523 g/mol. The highest BCUT2D eigenvalue weighted by Crippen LogP contribution is 2.47. The maximum atomic E-state index is 13.9. The third-order valence-electron chi connectivity index (χ3n) is 8.64. The Morgan fingerprint density at radius 3 is 2.71 bits per heavy atom. The molecule has 5 N–H and O–H groups in total. The number of fused-ring (bicyclic) bond motifs is 1. The van der Waals surface area contributed by atoms with Crippen LogP contribution in [0, 0.1) is 11.3 Å². The molecule has 38 heavy (non-hydrogen) atoms. The molecule has 204 valence electrons. The zero-order chi connectivity index (χ0) is 26.9. The van der Waals surface area contributed by atoms with Gasteiger partial charge in [0.2, 0.25) is 17.7 Å². The molecule has 10 nitrogen and oxygen atoms in total. The second-order valence-electron chi connectivity index (χ2n) is 11.1. The third kappa shape index (κ3) is 5.08. The SMILES string of the molecule is COc1cccc2[nH]c(C(=O)N3CC4(CCCCC4)CC3C(=O)NC(C[C@@H]3CCCNC3=O)C(N)=O)cc12. The molecule has 0 bridgehead atoms. The number of rotatable bonds is 7.